The maximum atomic E-state index is 13.2. The number of nitrogens with zero attached hydrogens (tertiary/aromatic N) is 2. The molecule has 0 aromatic heterocycles. The monoisotopic (exact) mass is 443 g/mol. The van der Waals surface area contributed by atoms with Crippen molar-refractivity contribution in [2.75, 3.05) is 26.2 Å². The predicted molar refractivity (Wildman–Crippen MR) is 117 cm³/mol. The van der Waals surface area contributed by atoms with Crippen LogP contribution in [-0.2, 0) is 9.59 Å². The summed E-state index contributed by atoms with van der Waals surface area (Å²) in [7, 11) is 0. The Morgan fingerprint density at radius 3 is 2.32 bits per heavy atom. The van der Waals surface area contributed by atoms with Gasteiger partial charge in [-0.1, -0.05) is 41.9 Å². The summed E-state index contributed by atoms with van der Waals surface area (Å²) >= 11 is 5.98. The van der Waals surface area contributed by atoms with Gasteiger partial charge in [0.25, 0.3) is 5.91 Å². The Hall–Kier alpha value is -3.19. The molecular weight excluding hydrogens is 421 g/mol. The third-order valence-electron chi connectivity index (χ3n) is 5.00. The topological polar surface area (TPSA) is 69.7 Å². The standard InChI is InChI=1S/C23H23ClFN3O3/c1-16(26-21(29)10-7-17-5-3-2-4-6-17)22(30)27-11-13-28(14-12-27)23(31)19-9-8-18(25)15-20(19)24/h2-10,15-16H,11-14H2,1H3,(H,26,29)/b10-7+. The van der Waals surface area contributed by atoms with E-state index in [1.165, 1.54) is 18.2 Å². The largest absolute Gasteiger partial charge is 0.341 e. The van der Waals surface area contributed by atoms with Gasteiger partial charge in [0.1, 0.15) is 11.9 Å². The molecule has 0 bridgehead atoms. The highest BCUT2D eigenvalue weighted by Gasteiger charge is 2.28. The van der Waals surface area contributed by atoms with Crippen molar-refractivity contribution >= 4 is 35.4 Å². The molecule has 1 heterocycles. The number of carbonyl (C=O) groups is 3. The lowest BCUT2D eigenvalue weighted by atomic mass is 10.1. The minimum Gasteiger partial charge on any atom is -0.341 e. The molecule has 1 unspecified atom stereocenters. The van der Waals surface area contributed by atoms with Crippen LogP contribution in [0.15, 0.2) is 54.6 Å². The van der Waals surface area contributed by atoms with Crippen LogP contribution in [0.2, 0.25) is 5.02 Å². The molecule has 1 atom stereocenters. The highest BCUT2D eigenvalue weighted by Crippen LogP contribution is 2.20. The van der Waals surface area contributed by atoms with E-state index in [-0.39, 0.29) is 28.3 Å². The number of benzene rings is 2. The first-order valence-electron chi connectivity index (χ1n) is 9.92. The third-order valence-corrected chi connectivity index (χ3v) is 5.31. The highest BCUT2D eigenvalue weighted by atomic mass is 35.5. The van der Waals surface area contributed by atoms with Crippen LogP contribution in [0.1, 0.15) is 22.8 Å². The normalized spacial score (nSPS) is 15.1. The van der Waals surface area contributed by atoms with E-state index in [1.54, 1.807) is 22.8 Å². The van der Waals surface area contributed by atoms with E-state index in [0.717, 1.165) is 11.6 Å². The van der Waals surface area contributed by atoms with Crippen molar-refractivity contribution in [3.8, 4) is 0 Å². The Bertz CT molecular complexity index is 989. The molecule has 1 aliphatic rings. The smallest absolute Gasteiger partial charge is 0.255 e. The number of halogens is 2. The first kappa shape index (κ1) is 22.5. The fourth-order valence-corrected chi connectivity index (χ4v) is 3.54. The molecule has 162 valence electrons. The van der Waals surface area contributed by atoms with Crippen molar-refractivity contribution in [2.24, 2.45) is 0 Å². The van der Waals surface area contributed by atoms with Crippen molar-refractivity contribution in [3.05, 3.63) is 76.6 Å². The number of amides is 3. The fraction of sp³-hybridized carbons (Fsp3) is 0.261. The number of piperazine rings is 1. The van der Waals surface area contributed by atoms with Crippen LogP contribution in [0.25, 0.3) is 6.08 Å². The van der Waals surface area contributed by atoms with Gasteiger partial charge in [-0.15, -0.1) is 0 Å². The van der Waals surface area contributed by atoms with E-state index < -0.39 is 11.9 Å². The summed E-state index contributed by atoms with van der Waals surface area (Å²) in [6.45, 7) is 2.96. The first-order valence-corrected chi connectivity index (χ1v) is 10.3. The van der Waals surface area contributed by atoms with E-state index >= 15 is 0 Å². The maximum absolute atomic E-state index is 13.2. The molecule has 1 saturated heterocycles. The molecule has 3 amide bonds. The quantitative estimate of drug-likeness (QED) is 0.722. The van der Waals surface area contributed by atoms with E-state index in [9.17, 15) is 18.8 Å². The molecule has 2 aromatic carbocycles. The molecule has 31 heavy (non-hydrogen) atoms. The van der Waals surface area contributed by atoms with Gasteiger partial charge in [-0.25, -0.2) is 4.39 Å². The summed E-state index contributed by atoms with van der Waals surface area (Å²) in [5.74, 6) is -1.38. The molecule has 1 aliphatic heterocycles. The second kappa shape index (κ2) is 10.2. The van der Waals surface area contributed by atoms with Crippen LogP contribution in [-0.4, -0.2) is 59.7 Å². The van der Waals surface area contributed by atoms with Gasteiger partial charge in [0.05, 0.1) is 10.6 Å². The van der Waals surface area contributed by atoms with Crippen LogP contribution >= 0.6 is 11.6 Å². The van der Waals surface area contributed by atoms with E-state index in [4.69, 9.17) is 11.6 Å². The fourth-order valence-electron chi connectivity index (χ4n) is 3.30. The van der Waals surface area contributed by atoms with Crippen LogP contribution < -0.4 is 5.32 Å². The molecule has 8 heteroatoms. The predicted octanol–water partition coefficient (Wildman–Crippen LogP) is 2.98. The Morgan fingerprint density at radius 2 is 1.68 bits per heavy atom. The average molecular weight is 444 g/mol. The third kappa shape index (κ3) is 5.92. The van der Waals surface area contributed by atoms with Gasteiger partial charge < -0.3 is 15.1 Å². The SMILES string of the molecule is CC(NC(=O)/C=C/c1ccccc1)C(=O)N1CCN(C(=O)c2ccc(F)cc2Cl)CC1. The summed E-state index contributed by atoms with van der Waals surface area (Å²) in [4.78, 5) is 40.6. The van der Waals surface area contributed by atoms with Gasteiger partial charge >= 0.3 is 0 Å². The second-order valence-corrected chi connectivity index (χ2v) is 7.62. The highest BCUT2D eigenvalue weighted by molar-refractivity contribution is 6.33. The van der Waals surface area contributed by atoms with Gasteiger partial charge in [-0.2, -0.15) is 0 Å². The number of carbonyl (C=O) groups excluding carboxylic acids is 3. The van der Waals surface area contributed by atoms with Gasteiger partial charge in [0.2, 0.25) is 11.8 Å². The lowest BCUT2D eigenvalue weighted by molar-refractivity contribution is -0.136. The summed E-state index contributed by atoms with van der Waals surface area (Å²) in [5.41, 5.74) is 1.12. The van der Waals surface area contributed by atoms with Crippen LogP contribution in [0.4, 0.5) is 4.39 Å². The van der Waals surface area contributed by atoms with Gasteiger partial charge in [0, 0.05) is 32.3 Å². The maximum Gasteiger partial charge on any atom is 0.255 e. The second-order valence-electron chi connectivity index (χ2n) is 7.22. The van der Waals surface area contributed by atoms with Crippen molar-refractivity contribution < 1.29 is 18.8 Å². The Balaban J connectivity index is 1.50. The lowest BCUT2D eigenvalue weighted by Gasteiger charge is -2.36. The molecule has 0 aliphatic carbocycles. The van der Waals surface area contributed by atoms with Gasteiger partial charge in [-0.3, -0.25) is 14.4 Å². The number of rotatable bonds is 5. The zero-order valence-corrected chi connectivity index (χ0v) is 17.8. The minimum absolute atomic E-state index is 0.0587. The summed E-state index contributed by atoms with van der Waals surface area (Å²) < 4.78 is 13.2. The molecule has 0 radical (unpaired) electrons. The Kier molecular flexibility index (Phi) is 7.41. The van der Waals surface area contributed by atoms with Crippen LogP contribution in [0.3, 0.4) is 0 Å². The van der Waals surface area contributed by atoms with Crippen molar-refractivity contribution in [2.45, 2.75) is 13.0 Å². The van der Waals surface area contributed by atoms with Gasteiger partial charge in [0.15, 0.2) is 0 Å². The number of hydrogen-bond donors (Lipinski definition) is 1. The van der Waals surface area contributed by atoms with Crippen molar-refractivity contribution in [3.63, 3.8) is 0 Å². The average Bonchev–Trinajstić information content (AvgIpc) is 2.77. The van der Waals surface area contributed by atoms with E-state index in [1.807, 2.05) is 30.3 Å². The molecule has 6 nitrogen and oxygen atoms in total. The molecule has 2 aromatic rings. The van der Waals surface area contributed by atoms with E-state index in [0.29, 0.717) is 26.2 Å². The lowest BCUT2D eigenvalue weighted by Crippen LogP contribution is -2.55. The zero-order valence-electron chi connectivity index (χ0n) is 17.1. The zero-order chi connectivity index (χ0) is 22.4. The molecular formula is C23H23ClFN3O3. The molecule has 3 rings (SSSR count). The molecule has 0 saturated carbocycles. The van der Waals surface area contributed by atoms with Crippen molar-refractivity contribution in [1.82, 2.24) is 15.1 Å². The molecule has 0 spiro atoms. The van der Waals surface area contributed by atoms with Crippen molar-refractivity contribution in [1.29, 1.82) is 0 Å². The summed E-state index contributed by atoms with van der Waals surface area (Å²) in [6, 6.07) is 12.3. The number of nitrogens with one attached hydrogen (secondary N) is 1. The molecule has 1 fully saturated rings. The number of hydrogen-bond acceptors (Lipinski definition) is 3. The van der Waals surface area contributed by atoms with Crippen LogP contribution in [0, 0.1) is 5.82 Å². The summed E-state index contributed by atoms with van der Waals surface area (Å²) in [6.07, 6.45) is 3.07. The summed E-state index contributed by atoms with van der Waals surface area (Å²) in [5, 5.41) is 2.73. The van der Waals surface area contributed by atoms with Crippen LogP contribution in [0.5, 0.6) is 0 Å². The van der Waals surface area contributed by atoms with E-state index in [2.05, 4.69) is 5.32 Å². The first-order chi connectivity index (χ1) is 14.8. The van der Waals surface area contributed by atoms with Gasteiger partial charge in [-0.05, 0) is 36.8 Å². The minimum atomic E-state index is -0.693. The molecule has 1 N–H and O–H groups in total. The Labute approximate surface area is 185 Å². The Morgan fingerprint density at radius 1 is 1.03 bits per heavy atom.